The number of benzene rings is 1. The third-order valence-corrected chi connectivity index (χ3v) is 3.11. The molecule has 3 nitrogen and oxygen atoms in total. The average molecular weight is 324 g/mol. The summed E-state index contributed by atoms with van der Waals surface area (Å²) in [6.45, 7) is 0.390. The van der Waals surface area contributed by atoms with Crippen LogP contribution in [0.25, 0.3) is 0 Å². The van der Waals surface area contributed by atoms with Crippen LogP contribution in [0.5, 0.6) is 0 Å². The molecule has 0 radical (unpaired) electrons. The van der Waals surface area contributed by atoms with Crippen LogP contribution in [0.4, 0.5) is 0 Å². The monoisotopic (exact) mass is 322 g/mol. The molecule has 0 spiro atoms. The van der Waals surface area contributed by atoms with Crippen molar-refractivity contribution >= 4 is 27.5 Å². The Labute approximate surface area is 117 Å². The second-order valence-corrected chi connectivity index (χ2v) is 5.12. The topological polar surface area (TPSA) is 45.8 Å². The maximum Gasteiger partial charge on any atom is 0.251 e. The molecule has 0 saturated carbocycles. The van der Waals surface area contributed by atoms with Gasteiger partial charge in [0.15, 0.2) is 0 Å². The van der Waals surface area contributed by atoms with Gasteiger partial charge < -0.3 is 4.57 Å². The predicted octanol–water partition coefficient (Wildman–Crippen LogP) is 3.18. The first-order valence-electron chi connectivity index (χ1n) is 5.14. The van der Waals surface area contributed by atoms with Crippen molar-refractivity contribution in [3.8, 4) is 6.07 Å². The lowest BCUT2D eigenvalue weighted by atomic mass is 10.1. The molecule has 0 aliphatic heterocycles. The van der Waals surface area contributed by atoms with Crippen LogP contribution in [0.3, 0.4) is 0 Å². The lowest BCUT2D eigenvalue weighted by Crippen LogP contribution is -2.18. The van der Waals surface area contributed by atoms with Crippen LogP contribution in [0.1, 0.15) is 11.1 Å². The summed E-state index contributed by atoms with van der Waals surface area (Å²) in [6, 6.07) is 10.4. The summed E-state index contributed by atoms with van der Waals surface area (Å²) in [7, 11) is 0. The Balaban J connectivity index is 2.37. The largest absolute Gasteiger partial charge is 0.311 e. The molecule has 0 bridgehead atoms. The van der Waals surface area contributed by atoms with Gasteiger partial charge in [0.1, 0.15) is 0 Å². The van der Waals surface area contributed by atoms with E-state index < -0.39 is 0 Å². The molecular formula is C13H8BrClN2O. The molecule has 5 heteroatoms. The highest BCUT2D eigenvalue weighted by atomic mass is 79.9. The van der Waals surface area contributed by atoms with Gasteiger partial charge in [-0.3, -0.25) is 4.79 Å². The second kappa shape index (κ2) is 5.38. The van der Waals surface area contributed by atoms with E-state index in [0.717, 1.165) is 10.0 Å². The molecule has 2 aromatic rings. The number of hydrogen-bond acceptors (Lipinski definition) is 2. The maximum absolute atomic E-state index is 11.7. The van der Waals surface area contributed by atoms with Gasteiger partial charge in [-0.05, 0) is 29.8 Å². The van der Waals surface area contributed by atoms with Crippen molar-refractivity contribution in [1.29, 1.82) is 5.26 Å². The zero-order valence-electron chi connectivity index (χ0n) is 9.23. The second-order valence-electron chi connectivity index (χ2n) is 3.77. The molecule has 0 atom stereocenters. The van der Waals surface area contributed by atoms with Crippen molar-refractivity contribution in [3.63, 3.8) is 0 Å². The van der Waals surface area contributed by atoms with E-state index in [1.54, 1.807) is 35.0 Å². The van der Waals surface area contributed by atoms with Crippen LogP contribution in [-0.4, -0.2) is 4.57 Å². The number of nitrogens with zero attached hydrogens (tertiary/aromatic N) is 2. The highest BCUT2D eigenvalue weighted by molar-refractivity contribution is 9.10. The van der Waals surface area contributed by atoms with Gasteiger partial charge >= 0.3 is 0 Å². The Bertz CT molecular complexity index is 688. The fourth-order valence-corrected chi connectivity index (χ4v) is 2.19. The summed E-state index contributed by atoms with van der Waals surface area (Å²) in [5.41, 5.74) is 1.20. The molecule has 2 rings (SSSR count). The molecule has 0 aliphatic carbocycles. The number of rotatable bonds is 2. The zero-order valence-corrected chi connectivity index (χ0v) is 11.6. The minimum absolute atomic E-state index is 0.108. The summed E-state index contributed by atoms with van der Waals surface area (Å²) >= 11 is 9.15. The molecule has 90 valence electrons. The Kier molecular flexibility index (Phi) is 3.85. The summed E-state index contributed by atoms with van der Waals surface area (Å²) in [4.78, 5) is 11.7. The number of pyridine rings is 1. The summed E-state index contributed by atoms with van der Waals surface area (Å²) in [5, 5.41) is 9.35. The first-order valence-corrected chi connectivity index (χ1v) is 6.31. The van der Waals surface area contributed by atoms with Crippen molar-refractivity contribution in [2.45, 2.75) is 6.54 Å². The molecule has 0 unspecified atom stereocenters. The fourth-order valence-electron chi connectivity index (χ4n) is 1.62. The Morgan fingerprint density at radius 1 is 1.33 bits per heavy atom. The third-order valence-electron chi connectivity index (χ3n) is 2.40. The summed E-state index contributed by atoms with van der Waals surface area (Å²) in [6.07, 6.45) is 1.69. The number of halogens is 2. The Morgan fingerprint density at radius 3 is 2.78 bits per heavy atom. The van der Waals surface area contributed by atoms with Crippen LogP contribution >= 0.6 is 27.5 Å². The van der Waals surface area contributed by atoms with Crippen LogP contribution < -0.4 is 5.56 Å². The molecule has 1 aromatic heterocycles. The van der Waals surface area contributed by atoms with Crippen molar-refractivity contribution in [2.24, 2.45) is 0 Å². The van der Waals surface area contributed by atoms with Gasteiger partial charge in [0.2, 0.25) is 0 Å². The van der Waals surface area contributed by atoms with Crippen molar-refractivity contribution in [2.75, 3.05) is 0 Å². The van der Waals surface area contributed by atoms with Crippen molar-refractivity contribution < 1.29 is 0 Å². The highest BCUT2D eigenvalue weighted by Gasteiger charge is 2.02. The van der Waals surface area contributed by atoms with E-state index in [2.05, 4.69) is 15.9 Å². The molecule has 0 amide bonds. The summed E-state index contributed by atoms with van der Waals surface area (Å²) < 4.78 is 2.30. The van der Waals surface area contributed by atoms with Crippen molar-refractivity contribution in [3.05, 3.63) is 67.5 Å². The van der Waals surface area contributed by atoms with Crippen LogP contribution in [0.2, 0.25) is 5.02 Å². The first kappa shape index (κ1) is 12.9. The predicted molar refractivity (Wildman–Crippen MR) is 73.7 cm³/mol. The molecular weight excluding hydrogens is 316 g/mol. The van der Waals surface area contributed by atoms with E-state index in [9.17, 15) is 4.79 Å². The lowest BCUT2D eigenvalue weighted by molar-refractivity contribution is 0.758. The van der Waals surface area contributed by atoms with Crippen LogP contribution in [-0.2, 0) is 6.54 Å². The molecule has 0 N–H and O–H groups in total. The number of hydrogen-bond donors (Lipinski definition) is 0. The van der Waals surface area contributed by atoms with Gasteiger partial charge in [-0.15, -0.1) is 0 Å². The lowest BCUT2D eigenvalue weighted by Gasteiger charge is -2.06. The SMILES string of the molecule is N#Cc1cc(Cl)cc(Cn2ccc(Br)cc2=O)c1. The van der Waals surface area contributed by atoms with E-state index in [1.807, 2.05) is 6.07 Å². The minimum Gasteiger partial charge on any atom is -0.311 e. The smallest absolute Gasteiger partial charge is 0.251 e. The minimum atomic E-state index is -0.108. The van der Waals surface area contributed by atoms with Crippen molar-refractivity contribution in [1.82, 2.24) is 4.57 Å². The Hall–Kier alpha value is -1.57. The molecule has 1 heterocycles. The highest BCUT2D eigenvalue weighted by Crippen LogP contribution is 2.15. The zero-order chi connectivity index (χ0) is 13.1. The quantitative estimate of drug-likeness (QED) is 0.852. The van der Waals surface area contributed by atoms with Gasteiger partial charge in [-0.1, -0.05) is 27.5 Å². The van der Waals surface area contributed by atoms with Gasteiger partial charge in [-0.25, -0.2) is 0 Å². The average Bonchev–Trinajstić information content (AvgIpc) is 2.32. The molecule has 0 saturated heterocycles. The standard InChI is InChI=1S/C13H8BrClN2O/c14-11-1-2-17(13(18)6-11)8-10-3-9(7-16)4-12(15)5-10/h1-6H,8H2. The van der Waals surface area contributed by atoms with E-state index in [0.29, 0.717) is 17.1 Å². The van der Waals surface area contributed by atoms with E-state index in [-0.39, 0.29) is 5.56 Å². The van der Waals surface area contributed by atoms with E-state index in [1.165, 1.54) is 6.07 Å². The number of aromatic nitrogens is 1. The van der Waals surface area contributed by atoms with Crippen LogP contribution in [0.15, 0.2) is 45.8 Å². The number of nitriles is 1. The van der Waals surface area contributed by atoms with E-state index in [4.69, 9.17) is 16.9 Å². The molecule has 0 aliphatic rings. The molecule has 18 heavy (non-hydrogen) atoms. The first-order chi connectivity index (χ1) is 8.58. The third kappa shape index (κ3) is 3.00. The molecule has 0 fully saturated rings. The van der Waals surface area contributed by atoms with Gasteiger partial charge in [0.05, 0.1) is 18.2 Å². The fraction of sp³-hybridized carbons (Fsp3) is 0.0769. The van der Waals surface area contributed by atoms with E-state index >= 15 is 0 Å². The van der Waals surface area contributed by atoms with Crippen LogP contribution in [0, 0.1) is 11.3 Å². The van der Waals surface area contributed by atoms with Gasteiger partial charge in [0, 0.05) is 21.8 Å². The summed E-state index contributed by atoms with van der Waals surface area (Å²) in [5.74, 6) is 0. The molecule has 1 aromatic carbocycles. The normalized spacial score (nSPS) is 10.1. The van der Waals surface area contributed by atoms with Gasteiger partial charge in [0.25, 0.3) is 5.56 Å². The van der Waals surface area contributed by atoms with Gasteiger partial charge in [-0.2, -0.15) is 5.26 Å². The maximum atomic E-state index is 11.7. The Morgan fingerprint density at radius 2 is 2.11 bits per heavy atom.